The molecule has 2 heterocycles. The van der Waals surface area contributed by atoms with Crippen molar-refractivity contribution in [3.8, 4) is 11.5 Å². The molecule has 1 fully saturated rings. The first kappa shape index (κ1) is 11.8. The molecule has 1 N–H and O–H groups in total. The van der Waals surface area contributed by atoms with E-state index in [-0.39, 0.29) is 0 Å². The lowest BCUT2D eigenvalue weighted by Gasteiger charge is -2.33. The molecule has 1 saturated heterocycles. The fourth-order valence-corrected chi connectivity index (χ4v) is 2.61. The number of hydrogen-bond acceptors (Lipinski definition) is 4. The Hall–Kier alpha value is -1.26. The summed E-state index contributed by atoms with van der Waals surface area (Å²) >= 11 is 0. The van der Waals surface area contributed by atoms with Crippen LogP contribution in [0.2, 0.25) is 0 Å². The summed E-state index contributed by atoms with van der Waals surface area (Å²) in [5.74, 6) is 1.75. The molecule has 0 aromatic heterocycles. The van der Waals surface area contributed by atoms with E-state index in [0.717, 1.165) is 37.7 Å². The van der Waals surface area contributed by atoms with Crippen LogP contribution in [0.5, 0.6) is 11.5 Å². The van der Waals surface area contributed by atoms with Crippen molar-refractivity contribution in [1.82, 2.24) is 10.2 Å². The van der Waals surface area contributed by atoms with E-state index in [4.69, 9.17) is 9.47 Å². The zero-order chi connectivity index (χ0) is 12.4. The van der Waals surface area contributed by atoms with E-state index in [1.807, 2.05) is 6.07 Å². The molecule has 18 heavy (non-hydrogen) atoms. The smallest absolute Gasteiger partial charge is 0.231 e. The van der Waals surface area contributed by atoms with Gasteiger partial charge in [-0.05, 0) is 24.1 Å². The Morgan fingerprint density at radius 1 is 1.33 bits per heavy atom. The van der Waals surface area contributed by atoms with Gasteiger partial charge in [0.05, 0.1) is 0 Å². The number of nitrogens with zero attached hydrogens (tertiary/aromatic N) is 1. The van der Waals surface area contributed by atoms with Gasteiger partial charge in [0.2, 0.25) is 6.79 Å². The summed E-state index contributed by atoms with van der Waals surface area (Å²) in [4.78, 5) is 2.50. The van der Waals surface area contributed by atoms with Crippen LogP contribution in [0.15, 0.2) is 18.2 Å². The van der Waals surface area contributed by atoms with Gasteiger partial charge in [0.15, 0.2) is 11.5 Å². The van der Waals surface area contributed by atoms with Crippen molar-refractivity contribution >= 4 is 0 Å². The van der Waals surface area contributed by atoms with Crippen LogP contribution in [0.25, 0.3) is 0 Å². The summed E-state index contributed by atoms with van der Waals surface area (Å²) in [5.41, 5.74) is 1.30. The lowest BCUT2D eigenvalue weighted by Crippen LogP contribution is -2.49. The normalized spacial score (nSPS) is 23.3. The quantitative estimate of drug-likeness (QED) is 0.881. The molecule has 0 amide bonds. The molecule has 1 unspecified atom stereocenters. The average Bonchev–Trinajstić information content (AvgIpc) is 2.86. The summed E-state index contributed by atoms with van der Waals surface area (Å²) in [6, 6.07) is 6.88. The minimum absolute atomic E-state index is 0.352. The Labute approximate surface area is 108 Å². The zero-order valence-electron chi connectivity index (χ0n) is 10.8. The van der Waals surface area contributed by atoms with Crippen LogP contribution >= 0.6 is 0 Å². The van der Waals surface area contributed by atoms with Crippen LogP contribution in [-0.2, 0) is 6.54 Å². The first-order valence-electron chi connectivity index (χ1n) is 6.69. The molecular formula is C14H20N2O2. The van der Waals surface area contributed by atoms with Gasteiger partial charge in [-0.2, -0.15) is 0 Å². The molecule has 2 aliphatic rings. The third kappa shape index (κ3) is 2.44. The van der Waals surface area contributed by atoms with Crippen LogP contribution < -0.4 is 14.8 Å². The SMILES string of the molecule is CCC1CN(Cc2ccc3c(c2)OCO3)CCN1. The van der Waals surface area contributed by atoms with Crippen molar-refractivity contribution in [2.75, 3.05) is 26.4 Å². The van der Waals surface area contributed by atoms with Gasteiger partial charge in [-0.3, -0.25) is 4.90 Å². The van der Waals surface area contributed by atoms with E-state index in [1.54, 1.807) is 0 Å². The Balaban J connectivity index is 1.65. The van der Waals surface area contributed by atoms with Gasteiger partial charge in [-0.15, -0.1) is 0 Å². The Kier molecular flexibility index (Phi) is 3.39. The molecule has 98 valence electrons. The van der Waals surface area contributed by atoms with E-state index < -0.39 is 0 Å². The van der Waals surface area contributed by atoms with E-state index in [0.29, 0.717) is 12.8 Å². The molecule has 0 spiro atoms. The Morgan fingerprint density at radius 3 is 3.11 bits per heavy atom. The molecule has 2 aliphatic heterocycles. The molecule has 4 heteroatoms. The lowest BCUT2D eigenvalue weighted by atomic mass is 10.1. The second-order valence-corrected chi connectivity index (χ2v) is 4.98. The van der Waals surface area contributed by atoms with Gasteiger partial charge < -0.3 is 14.8 Å². The van der Waals surface area contributed by atoms with Crippen molar-refractivity contribution in [1.29, 1.82) is 0 Å². The molecular weight excluding hydrogens is 228 g/mol. The summed E-state index contributed by atoms with van der Waals surface area (Å²) in [6.07, 6.45) is 1.19. The van der Waals surface area contributed by atoms with E-state index >= 15 is 0 Å². The maximum absolute atomic E-state index is 5.42. The summed E-state index contributed by atoms with van der Waals surface area (Å²) in [5, 5.41) is 3.54. The summed E-state index contributed by atoms with van der Waals surface area (Å²) in [6.45, 7) is 6.92. The number of ether oxygens (including phenoxy) is 2. The zero-order valence-corrected chi connectivity index (χ0v) is 10.8. The van der Waals surface area contributed by atoms with Gasteiger partial charge in [0.1, 0.15) is 0 Å². The van der Waals surface area contributed by atoms with Crippen LogP contribution in [0.1, 0.15) is 18.9 Å². The highest BCUT2D eigenvalue weighted by atomic mass is 16.7. The molecule has 0 radical (unpaired) electrons. The third-order valence-corrected chi connectivity index (χ3v) is 3.68. The number of hydrogen-bond donors (Lipinski definition) is 1. The van der Waals surface area contributed by atoms with Crippen LogP contribution in [0.4, 0.5) is 0 Å². The number of fused-ring (bicyclic) bond motifs is 1. The average molecular weight is 248 g/mol. The molecule has 0 bridgehead atoms. The van der Waals surface area contributed by atoms with E-state index in [9.17, 15) is 0 Å². The predicted octanol–water partition coefficient (Wildman–Crippen LogP) is 1.60. The topological polar surface area (TPSA) is 33.7 Å². The van der Waals surface area contributed by atoms with E-state index in [1.165, 1.54) is 12.0 Å². The summed E-state index contributed by atoms with van der Waals surface area (Å²) < 4.78 is 10.7. The minimum Gasteiger partial charge on any atom is -0.454 e. The Bertz CT molecular complexity index is 422. The highest BCUT2D eigenvalue weighted by molar-refractivity contribution is 5.44. The largest absolute Gasteiger partial charge is 0.454 e. The van der Waals surface area contributed by atoms with Gasteiger partial charge in [0.25, 0.3) is 0 Å². The fraction of sp³-hybridized carbons (Fsp3) is 0.571. The van der Waals surface area contributed by atoms with Crippen molar-refractivity contribution in [2.45, 2.75) is 25.9 Å². The maximum Gasteiger partial charge on any atom is 0.231 e. The number of rotatable bonds is 3. The standard InChI is InChI=1S/C14H20N2O2/c1-2-12-9-16(6-5-15-12)8-11-3-4-13-14(7-11)18-10-17-13/h3-4,7,12,15H,2,5-6,8-10H2,1H3. The molecule has 4 nitrogen and oxygen atoms in total. The molecule has 0 saturated carbocycles. The van der Waals surface area contributed by atoms with Gasteiger partial charge in [-0.25, -0.2) is 0 Å². The lowest BCUT2D eigenvalue weighted by molar-refractivity contribution is 0.173. The second kappa shape index (κ2) is 5.16. The van der Waals surface area contributed by atoms with Gasteiger partial charge in [-0.1, -0.05) is 13.0 Å². The highest BCUT2D eigenvalue weighted by Crippen LogP contribution is 2.32. The van der Waals surface area contributed by atoms with Crippen molar-refractivity contribution in [2.24, 2.45) is 0 Å². The number of benzene rings is 1. The van der Waals surface area contributed by atoms with Gasteiger partial charge >= 0.3 is 0 Å². The maximum atomic E-state index is 5.42. The highest BCUT2D eigenvalue weighted by Gasteiger charge is 2.19. The first-order chi connectivity index (χ1) is 8.85. The summed E-state index contributed by atoms with van der Waals surface area (Å²) in [7, 11) is 0. The number of piperazine rings is 1. The Morgan fingerprint density at radius 2 is 2.22 bits per heavy atom. The van der Waals surface area contributed by atoms with Gasteiger partial charge in [0, 0.05) is 32.2 Å². The molecule has 1 aromatic carbocycles. The van der Waals surface area contributed by atoms with Crippen molar-refractivity contribution in [3.05, 3.63) is 23.8 Å². The molecule has 1 atom stereocenters. The molecule has 3 rings (SSSR count). The minimum atomic E-state index is 0.352. The van der Waals surface area contributed by atoms with Crippen LogP contribution in [0, 0.1) is 0 Å². The van der Waals surface area contributed by atoms with Crippen molar-refractivity contribution < 1.29 is 9.47 Å². The number of nitrogens with one attached hydrogen (secondary N) is 1. The predicted molar refractivity (Wildman–Crippen MR) is 69.9 cm³/mol. The fourth-order valence-electron chi connectivity index (χ4n) is 2.61. The van der Waals surface area contributed by atoms with Crippen LogP contribution in [-0.4, -0.2) is 37.4 Å². The third-order valence-electron chi connectivity index (χ3n) is 3.68. The second-order valence-electron chi connectivity index (χ2n) is 4.98. The molecule has 0 aliphatic carbocycles. The molecule has 1 aromatic rings. The monoisotopic (exact) mass is 248 g/mol. The van der Waals surface area contributed by atoms with Crippen molar-refractivity contribution in [3.63, 3.8) is 0 Å². The van der Waals surface area contributed by atoms with Crippen LogP contribution in [0.3, 0.4) is 0 Å². The van der Waals surface area contributed by atoms with E-state index in [2.05, 4.69) is 29.3 Å². The first-order valence-corrected chi connectivity index (χ1v) is 6.69.